The first-order valence-electron chi connectivity index (χ1n) is 6.38. The minimum Gasteiger partial charge on any atom is -0.347 e. The van der Waals surface area contributed by atoms with Crippen LogP contribution in [0.3, 0.4) is 0 Å². The van der Waals surface area contributed by atoms with Crippen molar-refractivity contribution in [2.45, 2.75) is 32.4 Å². The van der Waals surface area contributed by atoms with Gasteiger partial charge in [0.15, 0.2) is 0 Å². The number of benzene rings is 1. The maximum absolute atomic E-state index is 12.2. The Morgan fingerprint density at radius 3 is 2.78 bits per heavy atom. The largest absolute Gasteiger partial charge is 0.347 e. The minimum absolute atomic E-state index is 0.0898. The van der Waals surface area contributed by atoms with Gasteiger partial charge in [0.25, 0.3) is 5.91 Å². The van der Waals surface area contributed by atoms with Crippen LogP contribution in [0.2, 0.25) is 5.02 Å². The molecule has 2 rings (SSSR count). The van der Waals surface area contributed by atoms with Crippen LogP contribution in [0, 0.1) is 5.92 Å². The predicted octanol–water partition coefficient (Wildman–Crippen LogP) is 2.46. The molecule has 3 atom stereocenters. The maximum atomic E-state index is 12.2. The number of hydrogen-bond donors (Lipinski definition) is 2. The molecule has 1 fully saturated rings. The topological polar surface area (TPSA) is 41.1 Å². The van der Waals surface area contributed by atoms with Gasteiger partial charge in [0.1, 0.15) is 0 Å². The summed E-state index contributed by atoms with van der Waals surface area (Å²) in [7, 11) is 0. The Morgan fingerprint density at radius 2 is 2.11 bits per heavy atom. The van der Waals surface area contributed by atoms with E-state index >= 15 is 0 Å². The number of halogens is 1. The Labute approximate surface area is 113 Å². The van der Waals surface area contributed by atoms with Crippen LogP contribution in [0.4, 0.5) is 0 Å². The molecule has 3 unspecified atom stereocenters. The van der Waals surface area contributed by atoms with E-state index in [1.54, 1.807) is 12.1 Å². The van der Waals surface area contributed by atoms with E-state index in [-0.39, 0.29) is 11.9 Å². The zero-order valence-electron chi connectivity index (χ0n) is 10.7. The highest BCUT2D eigenvalue weighted by molar-refractivity contribution is 6.33. The highest BCUT2D eigenvalue weighted by atomic mass is 35.5. The molecule has 1 aliphatic rings. The lowest BCUT2D eigenvalue weighted by Crippen LogP contribution is -2.55. The van der Waals surface area contributed by atoms with Crippen molar-refractivity contribution in [2.75, 3.05) is 6.54 Å². The van der Waals surface area contributed by atoms with Crippen LogP contribution in [0.25, 0.3) is 0 Å². The molecule has 1 saturated heterocycles. The lowest BCUT2D eigenvalue weighted by Gasteiger charge is -2.36. The first-order valence-corrected chi connectivity index (χ1v) is 6.76. The number of rotatable bonds is 2. The molecule has 1 amide bonds. The van der Waals surface area contributed by atoms with Gasteiger partial charge in [-0.15, -0.1) is 0 Å². The van der Waals surface area contributed by atoms with Gasteiger partial charge in [0, 0.05) is 12.1 Å². The van der Waals surface area contributed by atoms with Crippen LogP contribution in [-0.2, 0) is 0 Å². The van der Waals surface area contributed by atoms with Crippen molar-refractivity contribution in [3.63, 3.8) is 0 Å². The average molecular weight is 267 g/mol. The van der Waals surface area contributed by atoms with Crippen molar-refractivity contribution >= 4 is 17.5 Å². The van der Waals surface area contributed by atoms with Crippen molar-refractivity contribution in [1.82, 2.24) is 10.6 Å². The smallest absolute Gasteiger partial charge is 0.253 e. The molecule has 0 saturated carbocycles. The molecule has 18 heavy (non-hydrogen) atoms. The summed E-state index contributed by atoms with van der Waals surface area (Å²) in [4.78, 5) is 12.2. The van der Waals surface area contributed by atoms with Crippen molar-refractivity contribution in [3.8, 4) is 0 Å². The molecule has 0 spiro atoms. The summed E-state index contributed by atoms with van der Waals surface area (Å²) < 4.78 is 0. The standard InChI is InChI=1S/C14H19ClN2O/c1-9-7-8-16-10(2)13(9)17-14(18)11-5-3-4-6-12(11)15/h3-6,9-10,13,16H,7-8H2,1-2H3,(H,17,18). The fourth-order valence-electron chi connectivity index (χ4n) is 2.48. The third-order valence-corrected chi connectivity index (χ3v) is 3.96. The Kier molecular flexibility index (Phi) is 4.25. The van der Waals surface area contributed by atoms with Gasteiger partial charge < -0.3 is 10.6 Å². The van der Waals surface area contributed by atoms with Gasteiger partial charge in [-0.05, 0) is 37.9 Å². The average Bonchev–Trinajstić information content (AvgIpc) is 2.34. The van der Waals surface area contributed by atoms with Gasteiger partial charge in [-0.2, -0.15) is 0 Å². The zero-order chi connectivity index (χ0) is 13.1. The molecule has 1 heterocycles. The Bertz CT molecular complexity index is 426. The molecule has 1 aliphatic heterocycles. The van der Waals surface area contributed by atoms with Crippen LogP contribution < -0.4 is 10.6 Å². The van der Waals surface area contributed by atoms with Crippen molar-refractivity contribution < 1.29 is 4.79 Å². The first-order chi connectivity index (χ1) is 8.59. The van der Waals surface area contributed by atoms with Gasteiger partial charge >= 0.3 is 0 Å². The van der Waals surface area contributed by atoms with Crippen molar-refractivity contribution in [3.05, 3.63) is 34.9 Å². The van der Waals surface area contributed by atoms with E-state index in [2.05, 4.69) is 24.5 Å². The van der Waals surface area contributed by atoms with Crippen LogP contribution in [0.1, 0.15) is 30.6 Å². The number of carbonyl (C=O) groups is 1. The Hall–Kier alpha value is -1.06. The predicted molar refractivity (Wildman–Crippen MR) is 74.0 cm³/mol. The van der Waals surface area contributed by atoms with Gasteiger partial charge in [-0.3, -0.25) is 4.79 Å². The van der Waals surface area contributed by atoms with Crippen molar-refractivity contribution in [1.29, 1.82) is 0 Å². The van der Waals surface area contributed by atoms with E-state index in [4.69, 9.17) is 11.6 Å². The summed E-state index contributed by atoms with van der Waals surface area (Å²) in [6.45, 7) is 5.29. The van der Waals surface area contributed by atoms with Gasteiger partial charge in [0.2, 0.25) is 0 Å². The number of piperidine rings is 1. The van der Waals surface area contributed by atoms with Crippen molar-refractivity contribution in [2.24, 2.45) is 5.92 Å². The first kappa shape index (κ1) is 13.4. The molecule has 4 heteroatoms. The Balaban J connectivity index is 2.09. The Morgan fingerprint density at radius 1 is 1.39 bits per heavy atom. The summed E-state index contributed by atoms with van der Waals surface area (Å²) in [6.07, 6.45) is 1.08. The van der Waals surface area contributed by atoms with Gasteiger partial charge in [0.05, 0.1) is 10.6 Å². The summed E-state index contributed by atoms with van der Waals surface area (Å²) in [5, 5.41) is 6.97. The molecule has 0 aromatic heterocycles. The zero-order valence-corrected chi connectivity index (χ0v) is 11.5. The van der Waals surface area contributed by atoms with E-state index in [9.17, 15) is 4.79 Å². The lowest BCUT2D eigenvalue weighted by atomic mass is 9.89. The second-order valence-corrected chi connectivity index (χ2v) is 5.40. The summed E-state index contributed by atoms with van der Waals surface area (Å²) >= 11 is 6.03. The van der Waals surface area contributed by atoms with Crippen LogP contribution >= 0.6 is 11.6 Å². The third-order valence-electron chi connectivity index (χ3n) is 3.63. The summed E-state index contributed by atoms with van der Waals surface area (Å²) in [6, 6.07) is 7.59. The number of carbonyl (C=O) groups excluding carboxylic acids is 1. The van der Waals surface area contributed by atoms with E-state index < -0.39 is 0 Å². The summed E-state index contributed by atoms with van der Waals surface area (Å²) in [5.74, 6) is 0.390. The molecule has 0 aliphatic carbocycles. The molecule has 1 aromatic rings. The second kappa shape index (κ2) is 5.72. The van der Waals surface area contributed by atoms with Gasteiger partial charge in [-0.1, -0.05) is 30.7 Å². The van der Waals surface area contributed by atoms with Gasteiger partial charge in [-0.25, -0.2) is 0 Å². The molecule has 1 aromatic carbocycles. The molecule has 3 nitrogen and oxygen atoms in total. The SMILES string of the molecule is CC1CCNC(C)C1NC(=O)c1ccccc1Cl. The fourth-order valence-corrected chi connectivity index (χ4v) is 2.70. The summed E-state index contributed by atoms with van der Waals surface area (Å²) in [5.41, 5.74) is 0.546. The normalized spacial score (nSPS) is 27.8. The van der Waals surface area contributed by atoms with Crippen LogP contribution in [0.5, 0.6) is 0 Å². The molecule has 0 bridgehead atoms. The number of hydrogen-bond acceptors (Lipinski definition) is 2. The van der Waals surface area contributed by atoms with Crippen LogP contribution in [0.15, 0.2) is 24.3 Å². The van der Waals surface area contributed by atoms with E-state index in [0.29, 0.717) is 22.5 Å². The quantitative estimate of drug-likeness (QED) is 0.863. The fraction of sp³-hybridized carbons (Fsp3) is 0.500. The van der Waals surface area contributed by atoms with E-state index in [0.717, 1.165) is 13.0 Å². The van der Waals surface area contributed by atoms with E-state index in [1.807, 2.05) is 12.1 Å². The van der Waals surface area contributed by atoms with Crippen LogP contribution in [-0.4, -0.2) is 24.5 Å². The monoisotopic (exact) mass is 266 g/mol. The highest BCUT2D eigenvalue weighted by Crippen LogP contribution is 2.19. The molecule has 2 N–H and O–H groups in total. The highest BCUT2D eigenvalue weighted by Gasteiger charge is 2.29. The minimum atomic E-state index is -0.0898. The second-order valence-electron chi connectivity index (χ2n) is 4.99. The molecular formula is C14H19ClN2O. The van der Waals surface area contributed by atoms with E-state index in [1.165, 1.54) is 0 Å². The molecule has 98 valence electrons. The third kappa shape index (κ3) is 2.85. The number of nitrogens with one attached hydrogen (secondary N) is 2. The number of amides is 1. The maximum Gasteiger partial charge on any atom is 0.253 e. The lowest BCUT2D eigenvalue weighted by molar-refractivity contribution is 0.0898. The molecular weight excluding hydrogens is 248 g/mol. The molecule has 0 radical (unpaired) electrons.